The van der Waals surface area contributed by atoms with Crippen LogP contribution < -0.4 is 10.9 Å². The summed E-state index contributed by atoms with van der Waals surface area (Å²) in [5, 5.41) is 3.36. The summed E-state index contributed by atoms with van der Waals surface area (Å²) in [7, 11) is 0. The van der Waals surface area contributed by atoms with Crippen LogP contribution in [0.5, 0.6) is 0 Å². The summed E-state index contributed by atoms with van der Waals surface area (Å²) in [6, 6.07) is 15.9. The molecule has 1 heterocycles. The number of anilines is 1. The molecule has 3 aromatic rings. The Bertz CT molecular complexity index is 886. The first-order chi connectivity index (χ1) is 10.1. The summed E-state index contributed by atoms with van der Waals surface area (Å²) in [6.45, 7) is 0. The van der Waals surface area contributed by atoms with Crippen molar-refractivity contribution in [3.63, 3.8) is 0 Å². The molecular formula is C16H10INO3. The Morgan fingerprint density at radius 2 is 1.86 bits per heavy atom. The van der Waals surface area contributed by atoms with Crippen molar-refractivity contribution in [2.45, 2.75) is 0 Å². The lowest BCUT2D eigenvalue weighted by atomic mass is 10.2. The van der Waals surface area contributed by atoms with Crippen molar-refractivity contribution in [3.05, 3.63) is 74.2 Å². The number of hydrogen-bond acceptors (Lipinski definition) is 3. The van der Waals surface area contributed by atoms with Crippen LogP contribution in [0.4, 0.5) is 5.69 Å². The van der Waals surface area contributed by atoms with Gasteiger partial charge in [0.1, 0.15) is 11.3 Å². The number of benzene rings is 2. The molecule has 0 aliphatic heterocycles. The van der Waals surface area contributed by atoms with Gasteiger partial charge in [-0.25, -0.2) is 4.79 Å². The number of carbonyl (C=O) groups is 1. The van der Waals surface area contributed by atoms with Crippen LogP contribution >= 0.6 is 22.6 Å². The zero-order chi connectivity index (χ0) is 14.8. The minimum Gasteiger partial charge on any atom is -0.421 e. The van der Waals surface area contributed by atoms with Gasteiger partial charge in [-0.2, -0.15) is 0 Å². The Labute approximate surface area is 133 Å². The molecule has 5 heteroatoms. The molecule has 4 nitrogen and oxygen atoms in total. The number of fused-ring (bicyclic) bond motifs is 1. The molecule has 2 aromatic carbocycles. The maximum absolute atomic E-state index is 12.2. The van der Waals surface area contributed by atoms with Gasteiger partial charge in [0.2, 0.25) is 0 Å². The van der Waals surface area contributed by atoms with Crippen LogP contribution in [0.3, 0.4) is 0 Å². The molecule has 0 atom stereocenters. The summed E-state index contributed by atoms with van der Waals surface area (Å²) >= 11 is 2.13. The number of hydrogen-bond donors (Lipinski definition) is 1. The van der Waals surface area contributed by atoms with Crippen LogP contribution in [-0.4, -0.2) is 5.91 Å². The second-order valence-corrected chi connectivity index (χ2v) is 5.70. The maximum Gasteiger partial charge on any atom is 0.360 e. The fourth-order valence-corrected chi connectivity index (χ4v) is 2.52. The van der Waals surface area contributed by atoms with Gasteiger partial charge < -0.3 is 9.73 Å². The molecule has 0 bridgehead atoms. The lowest BCUT2D eigenvalue weighted by Crippen LogP contribution is -2.17. The van der Waals surface area contributed by atoms with E-state index >= 15 is 0 Å². The Morgan fingerprint density at radius 1 is 1.05 bits per heavy atom. The van der Waals surface area contributed by atoms with E-state index in [4.69, 9.17) is 4.42 Å². The largest absolute Gasteiger partial charge is 0.421 e. The highest BCUT2D eigenvalue weighted by atomic mass is 127. The van der Waals surface area contributed by atoms with Gasteiger partial charge in [0.05, 0.1) is 0 Å². The summed E-state index contributed by atoms with van der Waals surface area (Å²) in [5.74, 6) is -0.337. The van der Waals surface area contributed by atoms with E-state index in [1.54, 1.807) is 36.4 Å². The monoisotopic (exact) mass is 391 g/mol. The minimum absolute atomic E-state index is 0.137. The predicted octanol–water partition coefficient (Wildman–Crippen LogP) is 3.65. The average Bonchev–Trinajstić information content (AvgIpc) is 2.48. The molecule has 1 aromatic heterocycles. The summed E-state index contributed by atoms with van der Waals surface area (Å²) in [4.78, 5) is 24.0. The Morgan fingerprint density at radius 3 is 2.67 bits per heavy atom. The highest BCUT2D eigenvalue weighted by Gasteiger charge is 2.11. The predicted molar refractivity (Wildman–Crippen MR) is 89.6 cm³/mol. The highest BCUT2D eigenvalue weighted by Crippen LogP contribution is 2.16. The van der Waals surface area contributed by atoms with Crippen LogP contribution in [0.15, 0.2) is 63.8 Å². The lowest BCUT2D eigenvalue weighted by molar-refractivity contribution is 0.102. The van der Waals surface area contributed by atoms with Crippen molar-refractivity contribution in [2.24, 2.45) is 0 Å². The van der Waals surface area contributed by atoms with Gasteiger partial charge in [0.15, 0.2) is 0 Å². The summed E-state index contributed by atoms with van der Waals surface area (Å²) in [6.07, 6.45) is 0. The first kappa shape index (κ1) is 13.8. The molecule has 1 N–H and O–H groups in total. The number of amides is 1. The molecule has 21 heavy (non-hydrogen) atoms. The fourth-order valence-electron chi connectivity index (χ4n) is 1.97. The molecule has 1 amide bonds. The molecule has 0 spiro atoms. The van der Waals surface area contributed by atoms with Crippen molar-refractivity contribution in [1.82, 2.24) is 0 Å². The van der Waals surface area contributed by atoms with Crippen molar-refractivity contribution >= 4 is 45.2 Å². The fraction of sp³-hybridized carbons (Fsp3) is 0. The van der Waals surface area contributed by atoms with Crippen LogP contribution in [-0.2, 0) is 0 Å². The minimum atomic E-state index is -0.562. The molecule has 0 saturated carbocycles. The average molecular weight is 391 g/mol. The van der Waals surface area contributed by atoms with E-state index in [1.165, 1.54) is 0 Å². The van der Waals surface area contributed by atoms with Crippen LogP contribution in [0.1, 0.15) is 10.4 Å². The normalized spacial score (nSPS) is 10.5. The SMILES string of the molecule is O=C(Nc1cc2ccccc2oc1=O)c1cccc(I)c1. The van der Waals surface area contributed by atoms with Crippen LogP contribution in [0.2, 0.25) is 0 Å². The zero-order valence-corrected chi connectivity index (χ0v) is 13.0. The number of halogens is 1. The molecular weight excluding hydrogens is 381 g/mol. The van der Waals surface area contributed by atoms with E-state index in [9.17, 15) is 9.59 Å². The molecule has 0 saturated heterocycles. The third kappa shape index (κ3) is 2.97. The first-order valence-corrected chi connectivity index (χ1v) is 7.31. The molecule has 0 fully saturated rings. The molecule has 0 radical (unpaired) electrons. The van der Waals surface area contributed by atoms with Gasteiger partial charge in [0, 0.05) is 14.5 Å². The quantitative estimate of drug-likeness (QED) is 0.536. The van der Waals surface area contributed by atoms with Gasteiger partial charge in [-0.3, -0.25) is 4.79 Å². The molecule has 3 rings (SSSR count). The third-order valence-corrected chi connectivity index (χ3v) is 3.65. The molecule has 104 valence electrons. The van der Waals surface area contributed by atoms with Crippen LogP contribution in [0.25, 0.3) is 11.0 Å². The van der Waals surface area contributed by atoms with E-state index in [0.717, 1.165) is 8.96 Å². The Kier molecular flexibility index (Phi) is 3.74. The highest BCUT2D eigenvalue weighted by molar-refractivity contribution is 14.1. The number of nitrogens with one attached hydrogen (secondary N) is 1. The molecule has 0 aliphatic carbocycles. The Hall–Kier alpha value is -2.15. The van der Waals surface area contributed by atoms with Crippen LogP contribution in [0, 0.1) is 3.57 Å². The van der Waals surface area contributed by atoms with E-state index in [1.807, 2.05) is 18.2 Å². The van der Waals surface area contributed by atoms with Gasteiger partial charge in [-0.15, -0.1) is 0 Å². The first-order valence-electron chi connectivity index (χ1n) is 6.23. The number of carbonyl (C=O) groups excluding carboxylic acids is 1. The van der Waals surface area contributed by atoms with Crippen molar-refractivity contribution in [3.8, 4) is 0 Å². The Balaban J connectivity index is 1.96. The van der Waals surface area contributed by atoms with Crippen molar-refractivity contribution in [1.29, 1.82) is 0 Å². The second-order valence-electron chi connectivity index (χ2n) is 4.45. The van der Waals surface area contributed by atoms with E-state index in [2.05, 4.69) is 27.9 Å². The van der Waals surface area contributed by atoms with Crippen molar-refractivity contribution in [2.75, 3.05) is 5.32 Å². The summed E-state index contributed by atoms with van der Waals surface area (Å²) in [5.41, 5.74) is 0.564. The zero-order valence-electron chi connectivity index (χ0n) is 10.8. The lowest BCUT2D eigenvalue weighted by Gasteiger charge is -2.05. The number of rotatable bonds is 2. The van der Waals surface area contributed by atoms with Gasteiger partial charge >= 0.3 is 5.63 Å². The van der Waals surface area contributed by atoms with Crippen molar-refractivity contribution < 1.29 is 9.21 Å². The topological polar surface area (TPSA) is 59.3 Å². The third-order valence-electron chi connectivity index (χ3n) is 2.98. The van der Waals surface area contributed by atoms with E-state index in [-0.39, 0.29) is 11.6 Å². The van der Waals surface area contributed by atoms with Gasteiger partial charge in [0.25, 0.3) is 5.91 Å². The maximum atomic E-state index is 12.2. The van der Waals surface area contributed by atoms with E-state index < -0.39 is 5.63 Å². The summed E-state index contributed by atoms with van der Waals surface area (Å²) < 4.78 is 6.13. The molecule has 0 unspecified atom stereocenters. The van der Waals surface area contributed by atoms with Gasteiger partial charge in [-0.05, 0) is 52.9 Å². The second kappa shape index (κ2) is 5.69. The van der Waals surface area contributed by atoms with Gasteiger partial charge in [-0.1, -0.05) is 24.3 Å². The van der Waals surface area contributed by atoms with E-state index in [0.29, 0.717) is 11.1 Å². The standard InChI is InChI=1S/C16H10INO3/c17-12-6-3-5-11(8-12)15(19)18-13-9-10-4-1-2-7-14(10)21-16(13)20/h1-9H,(H,18,19). The number of para-hydroxylation sites is 1. The molecule has 0 aliphatic rings. The smallest absolute Gasteiger partial charge is 0.360 e.